The van der Waals surface area contributed by atoms with Crippen LogP contribution < -0.4 is 16.0 Å². The highest BCUT2D eigenvalue weighted by Crippen LogP contribution is 2.19. The molecule has 28 heavy (non-hydrogen) atoms. The molecule has 0 spiro atoms. The number of carbonyl (C=O) groups excluding carboxylic acids is 3. The first-order valence-corrected chi connectivity index (χ1v) is 8.39. The van der Waals surface area contributed by atoms with Crippen molar-refractivity contribution in [2.45, 2.75) is 6.42 Å². The van der Waals surface area contributed by atoms with Gasteiger partial charge < -0.3 is 16.0 Å². The monoisotopic (exact) mass is 413 g/mol. The van der Waals surface area contributed by atoms with Gasteiger partial charge in [-0.05, 0) is 36.4 Å². The van der Waals surface area contributed by atoms with Gasteiger partial charge >= 0.3 is 0 Å². The lowest BCUT2D eigenvalue weighted by molar-refractivity contribution is -0.124. The minimum Gasteiger partial charge on any atom is -0.352 e. The molecule has 3 N–H and O–H groups in total. The average Bonchev–Trinajstić information content (AvgIpc) is 2.67. The van der Waals surface area contributed by atoms with Crippen molar-refractivity contribution in [1.82, 2.24) is 10.6 Å². The standard InChI is InChI=1S/C18H15ClF3N3O3/c19-11-3-1-10(2-4-11)18(28)23-8-7-14(26)24-9-15(27)25-13-6-5-12(20)16(21)17(13)22/h1-6H,7-9H2,(H,23,28)(H,24,26)(H,25,27). The fraction of sp³-hybridized carbons (Fsp3) is 0.167. The summed E-state index contributed by atoms with van der Waals surface area (Å²) in [4.78, 5) is 35.2. The topological polar surface area (TPSA) is 87.3 Å². The maximum atomic E-state index is 13.5. The van der Waals surface area contributed by atoms with E-state index in [4.69, 9.17) is 11.6 Å². The maximum absolute atomic E-state index is 13.5. The molecule has 0 saturated carbocycles. The molecule has 2 aromatic carbocycles. The maximum Gasteiger partial charge on any atom is 0.251 e. The Morgan fingerprint density at radius 3 is 2.21 bits per heavy atom. The van der Waals surface area contributed by atoms with Gasteiger partial charge in [-0.1, -0.05) is 11.6 Å². The normalized spacial score (nSPS) is 10.3. The van der Waals surface area contributed by atoms with Crippen molar-refractivity contribution in [1.29, 1.82) is 0 Å². The van der Waals surface area contributed by atoms with Crippen molar-refractivity contribution in [2.24, 2.45) is 0 Å². The lowest BCUT2D eigenvalue weighted by atomic mass is 10.2. The molecule has 2 aromatic rings. The van der Waals surface area contributed by atoms with Crippen molar-refractivity contribution < 1.29 is 27.6 Å². The third kappa shape index (κ3) is 5.98. The van der Waals surface area contributed by atoms with E-state index >= 15 is 0 Å². The molecule has 10 heteroatoms. The summed E-state index contributed by atoms with van der Waals surface area (Å²) in [7, 11) is 0. The summed E-state index contributed by atoms with van der Waals surface area (Å²) in [5.41, 5.74) is -0.175. The number of carbonyl (C=O) groups is 3. The van der Waals surface area contributed by atoms with Gasteiger partial charge in [-0.25, -0.2) is 13.2 Å². The number of rotatable bonds is 7. The van der Waals surface area contributed by atoms with Crippen LogP contribution >= 0.6 is 11.6 Å². The summed E-state index contributed by atoms with van der Waals surface area (Å²) in [6.07, 6.45) is -0.105. The Hall–Kier alpha value is -3.07. The second kappa shape index (κ2) is 9.75. The fourth-order valence-corrected chi connectivity index (χ4v) is 2.20. The molecule has 0 aliphatic rings. The van der Waals surface area contributed by atoms with Crippen molar-refractivity contribution >= 4 is 35.0 Å². The number of hydrogen-bond donors (Lipinski definition) is 3. The molecule has 0 aliphatic carbocycles. The number of nitrogens with one attached hydrogen (secondary N) is 3. The minimum absolute atomic E-state index is 0.0205. The third-order valence-electron chi connectivity index (χ3n) is 3.50. The zero-order valence-electron chi connectivity index (χ0n) is 14.3. The Morgan fingerprint density at radius 2 is 1.54 bits per heavy atom. The Morgan fingerprint density at radius 1 is 0.857 bits per heavy atom. The summed E-state index contributed by atoms with van der Waals surface area (Å²) in [5, 5.41) is 7.29. The van der Waals surface area contributed by atoms with Gasteiger partial charge in [0.15, 0.2) is 17.5 Å². The van der Waals surface area contributed by atoms with E-state index in [1.54, 1.807) is 12.1 Å². The molecule has 0 fully saturated rings. The lowest BCUT2D eigenvalue weighted by Crippen LogP contribution is -2.35. The first-order valence-electron chi connectivity index (χ1n) is 8.01. The lowest BCUT2D eigenvalue weighted by Gasteiger charge is -2.09. The Bertz CT molecular complexity index is 892. The van der Waals surface area contributed by atoms with E-state index in [9.17, 15) is 27.6 Å². The van der Waals surface area contributed by atoms with Crippen LogP contribution in [0.5, 0.6) is 0 Å². The zero-order chi connectivity index (χ0) is 20.7. The quantitative estimate of drug-likeness (QED) is 0.610. The van der Waals surface area contributed by atoms with Crippen molar-refractivity contribution in [3.63, 3.8) is 0 Å². The van der Waals surface area contributed by atoms with E-state index in [-0.39, 0.29) is 13.0 Å². The molecular weight excluding hydrogens is 399 g/mol. The number of hydrogen-bond acceptors (Lipinski definition) is 3. The average molecular weight is 414 g/mol. The predicted molar refractivity (Wildman–Crippen MR) is 96.4 cm³/mol. The van der Waals surface area contributed by atoms with E-state index in [0.29, 0.717) is 16.7 Å². The van der Waals surface area contributed by atoms with Crippen LogP contribution in [0.25, 0.3) is 0 Å². The van der Waals surface area contributed by atoms with E-state index in [1.165, 1.54) is 12.1 Å². The first kappa shape index (κ1) is 21.2. The molecule has 0 bridgehead atoms. The van der Waals surface area contributed by atoms with E-state index in [2.05, 4.69) is 10.6 Å². The third-order valence-corrected chi connectivity index (χ3v) is 3.75. The molecule has 0 saturated heterocycles. The van der Waals surface area contributed by atoms with Gasteiger partial charge in [0.25, 0.3) is 5.91 Å². The molecule has 0 radical (unpaired) electrons. The van der Waals surface area contributed by atoms with Gasteiger partial charge in [0.05, 0.1) is 12.2 Å². The Balaban J connectivity index is 1.72. The molecule has 0 aromatic heterocycles. The van der Waals surface area contributed by atoms with Crippen LogP contribution in [0.2, 0.25) is 5.02 Å². The zero-order valence-corrected chi connectivity index (χ0v) is 15.1. The highest BCUT2D eigenvalue weighted by Gasteiger charge is 2.15. The molecule has 0 unspecified atom stereocenters. The molecular formula is C18H15ClF3N3O3. The van der Waals surface area contributed by atoms with Crippen LogP contribution in [-0.2, 0) is 9.59 Å². The van der Waals surface area contributed by atoms with Crippen LogP contribution in [0.3, 0.4) is 0 Å². The SMILES string of the molecule is O=C(CCNC(=O)c1ccc(Cl)cc1)NCC(=O)Nc1ccc(F)c(F)c1F. The number of halogens is 4. The van der Waals surface area contributed by atoms with Crippen molar-refractivity contribution in [3.05, 3.63) is 64.4 Å². The molecule has 0 atom stereocenters. The highest BCUT2D eigenvalue weighted by atomic mass is 35.5. The summed E-state index contributed by atoms with van der Waals surface area (Å²) in [6.45, 7) is -0.491. The highest BCUT2D eigenvalue weighted by molar-refractivity contribution is 6.30. The summed E-state index contributed by atoms with van der Waals surface area (Å²) >= 11 is 5.72. The summed E-state index contributed by atoms with van der Waals surface area (Å²) in [6, 6.07) is 7.68. The Labute approximate surface area is 163 Å². The molecule has 3 amide bonds. The molecule has 148 valence electrons. The van der Waals surface area contributed by atoms with E-state index in [0.717, 1.165) is 6.07 Å². The largest absolute Gasteiger partial charge is 0.352 e. The van der Waals surface area contributed by atoms with Crippen LogP contribution in [0, 0.1) is 17.5 Å². The van der Waals surface area contributed by atoms with Crippen LogP contribution in [0.1, 0.15) is 16.8 Å². The fourth-order valence-electron chi connectivity index (χ4n) is 2.08. The van der Waals surface area contributed by atoms with E-state index in [1.807, 2.05) is 5.32 Å². The van der Waals surface area contributed by atoms with Crippen molar-refractivity contribution in [2.75, 3.05) is 18.4 Å². The van der Waals surface area contributed by atoms with Gasteiger partial charge in [0.2, 0.25) is 11.8 Å². The summed E-state index contributed by atoms with van der Waals surface area (Å²) in [5.74, 6) is -6.40. The number of anilines is 1. The van der Waals surface area contributed by atoms with Crippen LogP contribution in [-0.4, -0.2) is 30.8 Å². The Kier molecular flexibility index (Phi) is 7.39. The van der Waals surface area contributed by atoms with Crippen molar-refractivity contribution in [3.8, 4) is 0 Å². The van der Waals surface area contributed by atoms with Gasteiger partial charge in [-0.2, -0.15) is 0 Å². The first-order chi connectivity index (χ1) is 13.3. The smallest absolute Gasteiger partial charge is 0.251 e. The van der Waals surface area contributed by atoms with Gasteiger partial charge in [-0.3, -0.25) is 14.4 Å². The van der Waals surface area contributed by atoms with Crippen LogP contribution in [0.15, 0.2) is 36.4 Å². The molecule has 0 aliphatic heterocycles. The minimum atomic E-state index is -1.71. The molecule has 2 rings (SSSR count). The van der Waals surface area contributed by atoms with Gasteiger partial charge in [-0.15, -0.1) is 0 Å². The number of amides is 3. The second-order valence-electron chi connectivity index (χ2n) is 5.56. The van der Waals surface area contributed by atoms with Gasteiger partial charge in [0, 0.05) is 23.6 Å². The molecule has 6 nitrogen and oxygen atoms in total. The number of benzene rings is 2. The second-order valence-corrected chi connectivity index (χ2v) is 6.00. The van der Waals surface area contributed by atoms with Gasteiger partial charge in [0.1, 0.15) is 0 Å². The summed E-state index contributed by atoms with van der Waals surface area (Å²) < 4.78 is 39.4. The van der Waals surface area contributed by atoms with E-state index < -0.39 is 47.4 Å². The van der Waals surface area contributed by atoms with Crippen LogP contribution in [0.4, 0.5) is 18.9 Å². The predicted octanol–water partition coefficient (Wildman–Crippen LogP) is 2.63. The molecule has 0 heterocycles.